The van der Waals surface area contributed by atoms with Crippen LogP contribution >= 0.6 is 27.3 Å². The Morgan fingerprint density at radius 3 is 3.06 bits per heavy atom. The van der Waals surface area contributed by atoms with Crippen molar-refractivity contribution in [3.05, 3.63) is 44.8 Å². The molecule has 2 rings (SSSR count). The van der Waals surface area contributed by atoms with Crippen molar-refractivity contribution in [2.75, 3.05) is 0 Å². The minimum absolute atomic E-state index is 0.0678. The molecule has 17 heavy (non-hydrogen) atoms. The molecular formula is C11H8BrNO3S. The number of ether oxygens (including phenoxy) is 1. The van der Waals surface area contributed by atoms with Gasteiger partial charge >= 0.3 is 5.97 Å². The summed E-state index contributed by atoms with van der Waals surface area (Å²) in [7, 11) is 0. The summed E-state index contributed by atoms with van der Waals surface area (Å²) >= 11 is 4.91. The van der Waals surface area contributed by atoms with E-state index < -0.39 is 5.97 Å². The number of thiophene rings is 1. The van der Waals surface area contributed by atoms with Crippen molar-refractivity contribution in [3.8, 4) is 5.75 Å². The molecule has 0 radical (unpaired) electrons. The first-order valence-electron chi connectivity index (χ1n) is 4.71. The van der Waals surface area contributed by atoms with E-state index in [4.69, 9.17) is 9.84 Å². The molecule has 0 spiro atoms. The highest BCUT2D eigenvalue weighted by atomic mass is 79.9. The van der Waals surface area contributed by atoms with Gasteiger partial charge < -0.3 is 9.84 Å². The lowest BCUT2D eigenvalue weighted by Gasteiger charge is -2.06. The van der Waals surface area contributed by atoms with Gasteiger partial charge in [0, 0.05) is 11.8 Å². The first kappa shape index (κ1) is 12.1. The summed E-state index contributed by atoms with van der Waals surface area (Å²) < 4.78 is 6.45. The molecule has 88 valence electrons. The molecule has 0 unspecified atom stereocenters. The Balaban J connectivity index is 2.11. The normalized spacial score (nSPS) is 10.2. The number of aromatic nitrogens is 1. The maximum absolute atomic E-state index is 10.9. The largest absolute Gasteiger partial charge is 0.486 e. The zero-order valence-electron chi connectivity index (χ0n) is 8.59. The molecular weight excluding hydrogens is 306 g/mol. The highest BCUT2D eigenvalue weighted by Gasteiger charge is 2.12. The number of carbonyl (C=O) groups is 1. The summed E-state index contributed by atoms with van der Waals surface area (Å²) in [6, 6.07) is 5.17. The molecule has 0 bridgehead atoms. The van der Waals surface area contributed by atoms with Gasteiger partial charge in [0.2, 0.25) is 0 Å². The molecule has 0 saturated carbocycles. The Hall–Kier alpha value is -1.40. The number of hydrogen-bond acceptors (Lipinski definition) is 4. The van der Waals surface area contributed by atoms with Gasteiger partial charge in [-0.2, -0.15) is 0 Å². The minimum atomic E-state index is -1.09. The molecule has 4 nitrogen and oxygen atoms in total. The Kier molecular flexibility index (Phi) is 3.75. The lowest BCUT2D eigenvalue weighted by atomic mass is 10.3. The van der Waals surface area contributed by atoms with Crippen molar-refractivity contribution in [2.45, 2.75) is 6.61 Å². The van der Waals surface area contributed by atoms with Crippen molar-refractivity contribution in [1.82, 2.24) is 4.98 Å². The monoisotopic (exact) mass is 313 g/mol. The smallest absolute Gasteiger partial charge is 0.358 e. The summed E-state index contributed by atoms with van der Waals surface area (Å²) in [4.78, 5) is 14.7. The van der Waals surface area contributed by atoms with E-state index in [9.17, 15) is 4.79 Å². The van der Waals surface area contributed by atoms with Crippen LogP contribution in [0, 0.1) is 0 Å². The lowest BCUT2D eigenvalue weighted by molar-refractivity contribution is 0.0685. The quantitative estimate of drug-likeness (QED) is 0.941. The van der Waals surface area contributed by atoms with Crippen LogP contribution in [0.15, 0.2) is 33.6 Å². The maximum Gasteiger partial charge on any atom is 0.358 e. The van der Waals surface area contributed by atoms with Crippen LogP contribution in [0.4, 0.5) is 0 Å². The van der Waals surface area contributed by atoms with E-state index in [0.29, 0.717) is 6.61 Å². The molecule has 0 aliphatic rings. The second-order valence-corrected chi connectivity index (χ2v) is 5.49. The van der Waals surface area contributed by atoms with E-state index in [1.54, 1.807) is 23.5 Å². The van der Waals surface area contributed by atoms with Crippen LogP contribution in [-0.4, -0.2) is 16.1 Å². The van der Waals surface area contributed by atoms with Crippen LogP contribution in [0.2, 0.25) is 0 Å². The fraction of sp³-hybridized carbons (Fsp3) is 0.0909. The van der Waals surface area contributed by atoms with Crippen molar-refractivity contribution >= 4 is 33.2 Å². The first-order chi connectivity index (χ1) is 8.16. The molecule has 6 heteroatoms. The van der Waals surface area contributed by atoms with E-state index >= 15 is 0 Å². The van der Waals surface area contributed by atoms with Crippen molar-refractivity contribution in [2.24, 2.45) is 0 Å². The highest BCUT2D eigenvalue weighted by Crippen LogP contribution is 2.23. The minimum Gasteiger partial charge on any atom is -0.486 e. The third-order valence-electron chi connectivity index (χ3n) is 1.99. The van der Waals surface area contributed by atoms with Crippen LogP contribution in [0.1, 0.15) is 16.1 Å². The van der Waals surface area contributed by atoms with Gasteiger partial charge in [-0.05, 0) is 39.5 Å². The summed E-state index contributed by atoms with van der Waals surface area (Å²) in [5.41, 5.74) is 0.920. The molecule has 2 aromatic heterocycles. The molecule has 0 atom stereocenters. The summed E-state index contributed by atoms with van der Waals surface area (Å²) in [6.07, 6.45) is 1.43. The highest BCUT2D eigenvalue weighted by molar-refractivity contribution is 9.11. The van der Waals surface area contributed by atoms with E-state index in [-0.39, 0.29) is 11.4 Å². The summed E-state index contributed by atoms with van der Waals surface area (Å²) in [6.45, 7) is 0.327. The molecule has 2 heterocycles. The summed E-state index contributed by atoms with van der Waals surface area (Å²) in [5, 5.41) is 10.9. The summed E-state index contributed by atoms with van der Waals surface area (Å²) in [5.74, 6) is -0.811. The molecule has 0 aromatic carbocycles. The van der Waals surface area contributed by atoms with E-state index in [1.165, 1.54) is 6.20 Å². The van der Waals surface area contributed by atoms with Crippen LogP contribution in [-0.2, 0) is 6.61 Å². The Labute approximate surface area is 110 Å². The number of pyridine rings is 1. The van der Waals surface area contributed by atoms with Gasteiger partial charge in [0.05, 0.1) is 3.79 Å². The van der Waals surface area contributed by atoms with Gasteiger partial charge in [0.1, 0.15) is 6.61 Å². The van der Waals surface area contributed by atoms with E-state index in [0.717, 1.165) is 9.35 Å². The predicted molar refractivity (Wildman–Crippen MR) is 67.5 cm³/mol. The van der Waals surface area contributed by atoms with Gasteiger partial charge in [-0.25, -0.2) is 9.78 Å². The number of hydrogen-bond donors (Lipinski definition) is 1. The number of nitrogens with zero attached hydrogens (tertiary/aromatic N) is 1. The van der Waals surface area contributed by atoms with Crippen LogP contribution in [0.5, 0.6) is 5.75 Å². The number of carboxylic acids is 1. The van der Waals surface area contributed by atoms with Gasteiger partial charge in [0.25, 0.3) is 0 Å². The van der Waals surface area contributed by atoms with Crippen molar-refractivity contribution in [3.63, 3.8) is 0 Å². The van der Waals surface area contributed by atoms with Gasteiger partial charge in [-0.15, -0.1) is 11.3 Å². The topological polar surface area (TPSA) is 59.4 Å². The average molecular weight is 314 g/mol. The molecule has 0 aliphatic carbocycles. The zero-order valence-corrected chi connectivity index (χ0v) is 11.0. The molecule has 0 fully saturated rings. The second kappa shape index (κ2) is 5.29. The predicted octanol–water partition coefficient (Wildman–Crippen LogP) is 3.18. The fourth-order valence-electron chi connectivity index (χ4n) is 1.25. The number of rotatable bonds is 4. The fourth-order valence-corrected chi connectivity index (χ4v) is 2.44. The van der Waals surface area contributed by atoms with Gasteiger partial charge in [-0.3, -0.25) is 0 Å². The van der Waals surface area contributed by atoms with Crippen LogP contribution in [0.3, 0.4) is 0 Å². The standard InChI is InChI=1S/C11H8BrNO3S/c12-9-4-7(6-17-9)5-16-8-2-1-3-13-10(8)11(14)15/h1-4,6H,5H2,(H,14,15). The Morgan fingerprint density at radius 2 is 2.41 bits per heavy atom. The van der Waals surface area contributed by atoms with Crippen molar-refractivity contribution in [1.29, 1.82) is 0 Å². The van der Waals surface area contributed by atoms with Crippen molar-refractivity contribution < 1.29 is 14.6 Å². The zero-order chi connectivity index (χ0) is 12.3. The average Bonchev–Trinajstić information content (AvgIpc) is 2.73. The van der Waals surface area contributed by atoms with E-state index in [1.807, 2.05) is 11.4 Å². The number of carboxylic acid groups (broad SMARTS) is 1. The van der Waals surface area contributed by atoms with E-state index in [2.05, 4.69) is 20.9 Å². The lowest BCUT2D eigenvalue weighted by Crippen LogP contribution is -2.05. The van der Waals surface area contributed by atoms with Gasteiger partial charge in [0.15, 0.2) is 11.4 Å². The molecule has 2 aromatic rings. The second-order valence-electron chi connectivity index (χ2n) is 3.20. The molecule has 0 saturated heterocycles. The third-order valence-corrected chi connectivity index (χ3v) is 3.54. The molecule has 0 aliphatic heterocycles. The first-order valence-corrected chi connectivity index (χ1v) is 6.38. The Bertz CT molecular complexity index is 541. The molecule has 0 amide bonds. The SMILES string of the molecule is O=C(O)c1ncccc1OCc1csc(Br)c1. The number of halogens is 1. The third kappa shape index (κ3) is 3.04. The molecule has 1 N–H and O–H groups in total. The Morgan fingerprint density at radius 1 is 1.59 bits per heavy atom. The number of aromatic carboxylic acids is 1. The maximum atomic E-state index is 10.9. The van der Waals surface area contributed by atoms with Gasteiger partial charge in [-0.1, -0.05) is 0 Å². The van der Waals surface area contributed by atoms with Crippen LogP contribution < -0.4 is 4.74 Å². The van der Waals surface area contributed by atoms with Crippen LogP contribution in [0.25, 0.3) is 0 Å².